The van der Waals surface area contributed by atoms with Gasteiger partial charge < -0.3 is 10.2 Å². The summed E-state index contributed by atoms with van der Waals surface area (Å²) in [5.41, 5.74) is 1.72. The van der Waals surface area contributed by atoms with Crippen LogP contribution < -0.4 is 9.62 Å². The van der Waals surface area contributed by atoms with Crippen molar-refractivity contribution in [3.8, 4) is 0 Å². The van der Waals surface area contributed by atoms with Crippen molar-refractivity contribution < 1.29 is 18.0 Å². The maximum absolute atomic E-state index is 14.2. The first kappa shape index (κ1) is 31.5. The number of hydrogen-bond donors (Lipinski definition) is 1. The Morgan fingerprint density at radius 1 is 0.900 bits per heavy atom. The van der Waals surface area contributed by atoms with Gasteiger partial charge in [0.25, 0.3) is 0 Å². The second kappa shape index (κ2) is 13.1. The van der Waals surface area contributed by atoms with Gasteiger partial charge in [-0.2, -0.15) is 0 Å². The first-order valence-electron chi connectivity index (χ1n) is 12.8. The molecule has 0 unspecified atom stereocenters. The van der Waals surface area contributed by atoms with Crippen LogP contribution in [0.3, 0.4) is 0 Å². The van der Waals surface area contributed by atoms with E-state index in [0.29, 0.717) is 26.9 Å². The van der Waals surface area contributed by atoms with Crippen LogP contribution in [0, 0.1) is 6.92 Å². The summed E-state index contributed by atoms with van der Waals surface area (Å²) in [6.45, 7) is 6.74. The third-order valence-corrected chi connectivity index (χ3v) is 8.16. The Kier molecular flexibility index (Phi) is 10.3. The number of amides is 2. The summed E-state index contributed by atoms with van der Waals surface area (Å²) in [5, 5.41) is 3.80. The Hall–Kier alpha value is -3.07. The Morgan fingerprint density at radius 2 is 1.50 bits per heavy atom. The highest BCUT2D eigenvalue weighted by Crippen LogP contribution is 2.29. The molecule has 214 valence electrons. The summed E-state index contributed by atoms with van der Waals surface area (Å²) in [5.74, 6) is -0.920. The lowest BCUT2D eigenvalue weighted by atomic mass is 10.0. The van der Waals surface area contributed by atoms with E-state index in [0.717, 1.165) is 16.1 Å². The summed E-state index contributed by atoms with van der Waals surface area (Å²) in [4.78, 5) is 29.3. The number of nitrogens with zero attached hydrogens (tertiary/aromatic N) is 2. The van der Waals surface area contributed by atoms with E-state index >= 15 is 0 Å². The number of carbonyl (C=O) groups excluding carboxylic acids is 2. The van der Waals surface area contributed by atoms with Crippen LogP contribution in [0.25, 0.3) is 0 Å². The van der Waals surface area contributed by atoms with Gasteiger partial charge in [-0.25, -0.2) is 8.42 Å². The normalized spacial score (nSPS) is 12.5. The molecular weight excluding hydrogens is 569 g/mol. The van der Waals surface area contributed by atoms with Gasteiger partial charge in [0.15, 0.2) is 0 Å². The van der Waals surface area contributed by atoms with Gasteiger partial charge in [0.1, 0.15) is 12.6 Å². The third kappa shape index (κ3) is 8.46. The molecule has 0 saturated heterocycles. The number of halogens is 2. The second-order valence-electron chi connectivity index (χ2n) is 10.7. The molecule has 0 aliphatic carbocycles. The number of sulfonamides is 1. The smallest absolute Gasteiger partial charge is 0.244 e. The molecule has 0 aliphatic heterocycles. The van der Waals surface area contributed by atoms with Crippen molar-refractivity contribution in [1.29, 1.82) is 0 Å². The summed E-state index contributed by atoms with van der Waals surface area (Å²) < 4.78 is 26.9. The fourth-order valence-electron chi connectivity index (χ4n) is 4.28. The molecule has 3 aromatic rings. The van der Waals surface area contributed by atoms with Crippen LogP contribution in [0.4, 0.5) is 5.69 Å². The Bertz CT molecular complexity index is 1460. The van der Waals surface area contributed by atoms with Gasteiger partial charge in [0, 0.05) is 28.5 Å². The molecule has 0 fully saturated rings. The minimum atomic E-state index is -3.90. The van der Waals surface area contributed by atoms with E-state index in [9.17, 15) is 18.0 Å². The zero-order chi connectivity index (χ0) is 29.7. The Morgan fingerprint density at radius 3 is 2.10 bits per heavy atom. The van der Waals surface area contributed by atoms with E-state index in [2.05, 4.69) is 5.32 Å². The van der Waals surface area contributed by atoms with E-state index in [4.69, 9.17) is 23.2 Å². The molecule has 0 bridgehead atoms. The lowest BCUT2D eigenvalue weighted by molar-refractivity contribution is -0.140. The molecule has 0 spiro atoms. The molecule has 2 amide bonds. The summed E-state index contributed by atoms with van der Waals surface area (Å²) >= 11 is 12.8. The molecule has 1 N–H and O–H groups in total. The summed E-state index contributed by atoms with van der Waals surface area (Å²) in [7, 11) is -3.90. The van der Waals surface area contributed by atoms with Gasteiger partial charge in [-0.3, -0.25) is 13.9 Å². The van der Waals surface area contributed by atoms with Crippen molar-refractivity contribution in [2.24, 2.45) is 0 Å². The van der Waals surface area contributed by atoms with Crippen molar-refractivity contribution in [1.82, 2.24) is 10.2 Å². The summed E-state index contributed by atoms with van der Waals surface area (Å²) in [6.07, 6.45) is 1.25. The lowest BCUT2D eigenvalue weighted by Crippen LogP contribution is -2.56. The number of benzene rings is 3. The number of rotatable bonds is 10. The number of hydrogen-bond acceptors (Lipinski definition) is 4. The molecule has 0 aliphatic rings. The molecule has 10 heteroatoms. The van der Waals surface area contributed by atoms with Crippen LogP contribution in [0.2, 0.25) is 10.0 Å². The molecule has 40 heavy (non-hydrogen) atoms. The average molecular weight is 605 g/mol. The molecule has 3 aromatic carbocycles. The zero-order valence-electron chi connectivity index (χ0n) is 23.3. The van der Waals surface area contributed by atoms with Crippen LogP contribution in [0.1, 0.15) is 37.5 Å². The van der Waals surface area contributed by atoms with Crippen LogP contribution in [0.5, 0.6) is 0 Å². The van der Waals surface area contributed by atoms with Crippen molar-refractivity contribution in [2.45, 2.75) is 52.2 Å². The quantitative estimate of drug-likeness (QED) is 0.326. The highest BCUT2D eigenvalue weighted by Gasteiger charge is 2.35. The summed E-state index contributed by atoms with van der Waals surface area (Å²) in [6, 6.07) is 20.3. The number of nitrogens with one attached hydrogen (secondary N) is 1. The van der Waals surface area contributed by atoms with Crippen molar-refractivity contribution in [3.63, 3.8) is 0 Å². The molecule has 0 aromatic heterocycles. The van der Waals surface area contributed by atoms with Crippen molar-refractivity contribution in [2.75, 3.05) is 17.1 Å². The molecule has 0 heterocycles. The van der Waals surface area contributed by atoms with Gasteiger partial charge in [-0.1, -0.05) is 77.8 Å². The van der Waals surface area contributed by atoms with Crippen molar-refractivity contribution in [3.05, 3.63) is 99.5 Å². The highest BCUT2D eigenvalue weighted by atomic mass is 35.5. The average Bonchev–Trinajstić information content (AvgIpc) is 2.86. The molecule has 1 atom stereocenters. The van der Waals surface area contributed by atoms with Gasteiger partial charge in [0.2, 0.25) is 21.8 Å². The fraction of sp³-hybridized carbons (Fsp3) is 0.333. The first-order chi connectivity index (χ1) is 18.7. The molecule has 0 radical (unpaired) electrons. The topological polar surface area (TPSA) is 86.8 Å². The first-order valence-corrected chi connectivity index (χ1v) is 15.4. The van der Waals surface area contributed by atoms with Crippen LogP contribution in [-0.2, 0) is 32.6 Å². The zero-order valence-corrected chi connectivity index (χ0v) is 25.6. The predicted octanol–water partition coefficient (Wildman–Crippen LogP) is 5.62. The number of carbonyl (C=O) groups is 2. The van der Waals surface area contributed by atoms with E-state index in [-0.39, 0.29) is 18.9 Å². The van der Waals surface area contributed by atoms with Gasteiger partial charge >= 0.3 is 0 Å². The molecular formula is C30H35Cl2N3O4S. The largest absolute Gasteiger partial charge is 0.350 e. The van der Waals surface area contributed by atoms with E-state index < -0.39 is 34.1 Å². The Balaban J connectivity index is 2.11. The van der Waals surface area contributed by atoms with Gasteiger partial charge in [-0.15, -0.1) is 0 Å². The highest BCUT2D eigenvalue weighted by molar-refractivity contribution is 7.92. The molecule has 3 rings (SSSR count). The molecule has 0 saturated carbocycles. The minimum absolute atomic E-state index is 0.000298. The Labute approximate surface area is 247 Å². The maximum Gasteiger partial charge on any atom is 0.244 e. The van der Waals surface area contributed by atoms with E-state index in [1.165, 1.54) is 4.90 Å². The van der Waals surface area contributed by atoms with E-state index in [1.54, 1.807) is 49.4 Å². The second-order valence-corrected chi connectivity index (χ2v) is 13.4. The van der Waals surface area contributed by atoms with Gasteiger partial charge in [0.05, 0.1) is 11.9 Å². The van der Waals surface area contributed by atoms with E-state index in [1.807, 2.05) is 51.1 Å². The van der Waals surface area contributed by atoms with Crippen LogP contribution in [0.15, 0.2) is 72.8 Å². The number of anilines is 1. The standard InChI is InChI=1S/C30H35Cl2N3O4S/c1-21-24(31)16-11-17-26(21)35(40(5,38)39)20-28(36)34(19-23-14-9-10-15-25(23)32)27(29(37)33-30(2,3)4)18-22-12-7-6-8-13-22/h6-17,27H,18-20H2,1-5H3,(H,33,37)/t27-/m0/s1. The maximum atomic E-state index is 14.2. The molecule has 7 nitrogen and oxygen atoms in total. The fourth-order valence-corrected chi connectivity index (χ4v) is 5.54. The van der Waals surface area contributed by atoms with Crippen LogP contribution >= 0.6 is 23.2 Å². The monoisotopic (exact) mass is 603 g/mol. The minimum Gasteiger partial charge on any atom is -0.350 e. The van der Waals surface area contributed by atoms with Gasteiger partial charge in [-0.05, 0) is 62.6 Å². The predicted molar refractivity (Wildman–Crippen MR) is 162 cm³/mol. The third-order valence-electron chi connectivity index (χ3n) is 6.25. The van der Waals surface area contributed by atoms with Crippen LogP contribution in [-0.4, -0.2) is 49.5 Å². The lowest BCUT2D eigenvalue weighted by Gasteiger charge is -2.35. The van der Waals surface area contributed by atoms with Crippen molar-refractivity contribution >= 4 is 50.7 Å². The SMILES string of the molecule is Cc1c(Cl)cccc1N(CC(=O)N(Cc1ccccc1Cl)[C@@H](Cc1ccccc1)C(=O)NC(C)(C)C)S(C)(=O)=O.